The maximum Gasteiger partial charge on any atom is 0.251 e. The Labute approximate surface area is 172 Å². The highest BCUT2D eigenvalue weighted by Crippen LogP contribution is 2.22. The number of aryl methyl sites for hydroxylation is 1. The van der Waals surface area contributed by atoms with E-state index in [1.54, 1.807) is 24.3 Å². The van der Waals surface area contributed by atoms with Gasteiger partial charge in [-0.2, -0.15) is 0 Å². The molecule has 7 nitrogen and oxygen atoms in total. The standard InChI is InChI=1S/C21H21N5O2S/c1-14-24-25-21(26(14)18-8-3-2-4-9-18)29-13-19(27)22-17-7-5-6-15(12-17)20(28)23-16-10-11-16/h2-9,12,16H,10-11,13H2,1H3,(H,22,27)(H,23,28). The second-order valence-corrected chi connectivity index (χ2v) is 7.81. The van der Waals surface area contributed by atoms with Gasteiger partial charge in [0.15, 0.2) is 5.16 Å². The average Bonchev–Trinajstić information content (AvgIpc) is 3.47. The van der Waals surface area contributed by atoms with Crippen molar-refractivity contribution in [3.8, 4) is 5.69 Å². The Morgan fingerprint density at radius 1 is 1.10 bits per heavy atom. The number of carbonyl (C=O) groups excluding carboxylic acids is 2. The molecule has 8 heteroatoms. The minimum absolute atomic E-state index is 0.107. The van der Waals surface area contributed by atoms with Crippen LogP contribution in [-0.2, 0) is 4.79 Å². The lowest BCUT2D eigenvalue weighted by Gasteiger charge is -2.09. The second kappa shape index (κ2) is 8.48. The van der Waals surface area contributed by atoms with Crippen LogP contribution >= 0.6 is 11.8 Å². The van der Waals surface area contributed by atoms with E-state index in [-0.39, 0.29) is 17.6 Å². The molecule has 0 unspecified atom stereocenters. The molecule has 2 amide bonds. The van der Waals surface area contributed by atoms with Crippen LogP contribution in [0.3, 0.4) is 0 Å². The minimum Gasteiger partial charge on any atom is -0.349 e. The van der Waals surface area contributed by atoms with Crippen LogP contribution in [0, 0.1) is 6.92 Å². The largest absolute Gasteiger partial charge is 0.349 e. The van der Waals surface area contributed by atoms with Crippen LogP contribution in [0.2, 0.25) is 0 Å². The lowest BCUT2D eigenvalue weighted by atomic mass is 10.2. The van der Waals surface area contributed by atoms with E-state index in [1.807, 2.05) is 41.8 Å². The first-order valence-electron chi connectivity index (χ1n) is 9.41. The van der Waals surface area contributed by atoms with Gasteiger partial charge >= 0.3 is 0 Å². The number of nitrogens with one attached hydrogen (secondary N) is 2. The quantitative estimate of drug-likeness (QED) is 0.587. The maximum absolute atomic E-state index is 12.4. The van der Waals surface area contributed by atoms with Crippen LogP contribution in [0.25, 0.3) is 5.69 Å². The van der Waals surface area contributed by atoms with Crippen LogP contribution < -0.4 is 10.6 Å². The summed E-state index contributed by atoms with van der Waals surface area (Å²) in [6, 6.07) is 17.0. The highest BCUT2D eigenvalue weighted by molar-refractivity contribution is 7.99. The number of thioether (sulfide) groups is 1. The van der Waals surface area contributed by atoms with E-state index in [4.69, 9.17) is 0 Å². The summed E-state index contributed by atoms with van der Waals surface area (Å²) in [5, 5.41) is 14.8. The van der Waals surface area contributed by atoms with Crippen molar-refractivity contribution in [1.82, 2.24) is 20.1 Å². The van der Waals surface area contributed by atoms with Crippen molar-refractivity contribution < 1.29 is 9.59 Å². The van der Waals surface area contributed by atoms with E-state index in [9.17, 15) is 9.59 Å². The molecule has 1 heterocycles. The zero-order chi connectivity index (χ0) is 20.2. The molecule has 1 fully saturated rings. The summed E-state index contributed by atoms with van der Waals surface area (Å²) in [4.78, 5) is 24.6. The molecule has 3 aromatic rings. The Kier molecular flexibility index (Phi) is 5.62. The number of hydrogen-bond acceptors (Lipinski definition) is 5. The normalized spacial score (nSPS) is 13.1. The molecule has 4 rings (SSSR count). The fourth-order valence-electron chi connectivity index (χ4n) is 2.87. The summed E-state index contributed by atoms with van der Waals surface area (Å²) >= 11 is 1.32. The molecule has 0 spiro atoms. The molecule has 0 saturated heterocycles. The Bertz CT molecular complexity index is 1030. The predicted octanol–water partition coefficient (Wildman–Crippen LogP) is 3.20. The van der Waals surface area contributed by atoms with Gasteiger partial charge in [0.1, 0.15) is 5.82 Å². The molecule has 0 radical (unpaired) electrons. The highest BCUT2D eigenvalue weighted by Gasteiger charge is 2.23. The van der Waals surface area contributed by atoms with Crippen molar-refractivity contribution in [3.63, 3.8) is 0 Å². The molecule has 0 atom stereocenters. The van der Waals surface area contributed by atoms with Gasteiger partial charge in [0.2, 0.25) is 5.91 Å². The van der Waals surface area contributed by atoms with Crippen molar-refractivity contribution in [1.29, 1.82) is 0 Å². The van der Waals surface area contributed by atoms with E-state index < -0.39 is 0 Å². The van der Waals surface area contributed by atoms with Gasteiger partial charge in [-0.25, -0.2) is 0 Å². The van der Waals surface area contributed by atoms with Gasteiger partial charge in [0, 0.05) is 23.0 Å². The number of carbonyl (C=O) groups is 2. The molecule has 2 aromatic carbocycles. The molecule has 148 valence electrons. The first kappa shape index (κ1) is 19.2. The van der Waals surface area contributed by atoms with Crippen molar-refractivity contribution in [2.75, 3.05) is 11.1 Å². The fourth-order valence-corrected chi connectivity index (χ4v) is 3.67. The van der Waals surface area contributed by atoms with Gasteiger partial charge in [-0.3, -0.25) is 14.2 Å². The van der Waals surface area contributed by atoms with E-state index >= 15 is 0 Å². The minimum atomic E-state index is -0.171. The van der Waals surface area contributed by atoms with Crippen molar-refractivity contribution in [2.24, 2.45) is 0 Å². The van der Waals surface area contributed by atoms with Crippen molar-refractivity contribution in [2.45, 2.75) is 31.0 Å². The monoisotopic (exact) mass is 407 g/mol. The van der Waals surface area contributed by atoms with Crippen LogP contribution in [0.5, 0.6) is 0 Å². The van der Waals surface area contributed by atoms with E-state index in [0.29, 0.717) is 22.4 Å². The van der Waals surface area contributed by atoms with E-state index in [0.717, 1.165) is 24.4 Å². The molecule has 1 aliphatic rings. The van der Waals surface area contributed by atoms with Gasteiger partial charge in [-0.05, 0) is 50.1 Å². The van der Waals surface area contributed by atoms with Crippen molar-refractivity contribution >= 4 is 29.3 Å². The summed E-state index contributed by atoms with van der Waals surface area (Å²) in [5.41, 5.74) is 2.09. The van der Waals surface area contributed by atoms with Gasteiger partial charge in [0.05, 0.1) is 5.75 Å². The third-order valence-electron chi connectivity index (χ3n) is 4.46. The molecule has 1 saturated carbocycles. The predicted molar refractivity (Wildman–Crippen MR) is 112 cm³/mol. The molecule has 0 aliphatic heterocycles. The topological polar surface area (TPSA) is 88.9 Å². The number of aromatic nitrogens is 3. The Morgan fingerprint density at radius 3 is 2.66 bits per heavy atom. The molecule has 0 bridgehead atoms. The van der Waals surface area contributed by atoms with Crippen molar-refractivity contribution in [3.05, 3.63) is 66.0 Å². The summed E-state index contributed by atoms with van der Waals surface area (Å²) in [5.74, 6) is 0.664. The molecule has 29 heavy (non-hydrogen) atoms. The van der Waals surface area contributed by atoms with Gasteiger partial charge < -0.3 is 10.6 Å². The summed E-state index contributed by atoms with van der Waals surface area (Å²) in [6.45, 7) is 1.88. The number of hydrogen-bond donors (Lipinski definition) is 2. The number of benzene rings is 2. The number of anilines is 1. The molecular formula is C21H21N5O2S. The fraction of sp³-hybridized carbons (Fsp3) is 0.238. The Hall–Kier alpha value is -3.13. The highest BCUT2D eigenvalue weighted by atomic mass is 32.2. The second-order valence-electron chi connectivity index (χ2n) is 6.87. The molecule has 1 aromatic heterocycles. The third-order valence-corrected chi connectivity index (χ3v) is 5.39. The Balaban J connectivity index is 1.38. The van der Waals surface area contributed by atoms with Crippen LogP contribution in [0.15, 0.2) is 59.8 Å². The lowest BCUT2D eigenvalue weighted by Crippen LogP contribution is -2.25. The van der Waals surface area contributed by atoms with Gasteiger partial charge in [-0.1, -0.05) is 36.0 Å². The lowest BCUT2D eigenvalue weighted by molar-refractivity contribution is -0.113. The van der Waals surface area contributed by atoms with Crippen LogP contribution in [-0.4, -0.2) is 38.4 Å². The number of rotatable bonds is 7. The first-order chi connectivity index (χ1) is 14.1. The van der Waals surface area contributed by atoms with Crippen LogP contribution in [0.1, 0.15) is 29.0 Å². The number of nitrogens with zero attached hydrogens (tertiary/aromatic N) is 3. The average molecular weight is 407 g/mol. The number of para-hydroxylation sites is 1. The smallest absolute Gasteiger partial charge is 0.251 e. The summed E-state index contributed by atoms with van der Waals surface area (Å²) in [7, 11) is 0. The van der Waals surface area contributed by atoms with Crippen LogP contribution in [0.4, 0.5) is 5.69 Å². The molecule has 1 aliphatic carbocycles. The third kappa shape index (κ3) is 4.83. The van der Waals surface area contributed by atoms with E-state index in [1.165, 1.54) is 11.8 Å². The number of amides is 2. The Morgan fingerprint density at radius 2 is 1.90 bits per heavy atom. The maximum atomic E-state index is 12.4. The zero-order valence-electron chi connectivity index (χ0n) is 16.0. The van der Waals surface area contributed by atoms with E-state index in [2.05, 4.69) is 20.8 Å². The molecule has 2 N–H and O–H groups in total. The SMILES string of the molecule is Cc1nnc(SCC(=O)Nc2cccc(C(=O)NC3CC3)c2)n1-c1ccccc1. The summed E-state index contributed by atoms with van der Waals surface area (Å²) in [6.07, 6.45) is 2.07. The molecular weight excluding hydrogens is 386 g/mol. The van der Waals surface area contributed by atoms with Gasteiger partial charge in [0.25, 0.3) is 5.91 Å². The van der Waals surface area contributed by atoms with Gasteiger partial charge in [-0.15, -0.1) is 10.2 Å². The summed E-state index contributed by atoms with van der Waals surface area (Å²) < 4.78 is 1.92. The first-order valence-corrected chi connectivity index (χ1v) is 10.4. The zero-order valence-corrected chi connectivity index (χ0v) is 16.8.